The minimum absolute atomic E-state index is 0.0296. The first-order chi connectivity index (χ1) is 13.1. The Balaban J connectivity index is 1.63. The van der Waals surface area contributed by atoms with Gasteiger partial charge in [-0.2, -0.15) is 0 Å². The molecule has 0 saturated heterocycles. The molecule has 4 rings (SSSR count). The number of hydrogen-bond acceptors (Lipinski definition) is 3. The van der Waals surface area contributed by atoms with Crippen molar-refractivity contribution in [3.63, 3.8) is 0 Å². The Bertz CT molecular complexity index is 1030. The third-order valence-electron chi connectivity index (χ3n) is 4.78. The van der Waals surface area contributed by atoms with E-state index >= 15 is 0 Å². The average molecular weight is 358 g/mol. The Hall–Kier alpha value is -3.07. The second kappa shape index (κ2) is 7.28. The van der Waals surface area contributed by atoms with Crippen molar-refractivity contribution in [1.29, 1.82) is 0 Å². The van der Waals surface area contributed by atoms with Gasteiger partial charge in [0.05, 0.1) is 6.61 Å². The van der Waals surface area contributed by atoms with Gasteiger partial charge in [-0.3, -0.25) is 4.79 Å². The maximum atomic E-state index is 12.7. The molecule has 0 aromatic heterocycles. The predicted octanol–water partition coefficient (Wildman–Crippen LogP) is 5.46. The van der Waals surface area contributed by atoms with Gasteiger partial charge in [-0.25, -0.2) is 0 Å². The van der Waals surface area contributed by atoms with E-state index in [1.807, 2.05) is 67.6 Å². The fourth-order valence-electron chi connectivity index (χ4n) is 3.47. The van der Waals surface area contributed by atoms with Crippen LogP contribution in [-0.2, 0) is 6.42 Å². The number of ether oxygens (including phenoxy) is 2. The molecule has 0 unspecified atom stereocenters. The van der Waals surface area contributed by atoms with Crippen LogP contribution in [0.2, 0.25) is 0 Å². The summed E-state index contributed by atoms with van der Waals surface area (Å²) in [5.74, 6) is 1.64. The third kappa shape index (κ3) is 3.59. The van der Waals surface area contributed by atoms with Crippen molar-refractivity contribution in [1.82, 2.24) is 0 Å². The van der Waals surface area contributed by atoms with Crippen LogP contribution in [0.1, 0.15) is 35.3 Å². The van der Waals surface area contributed by atoms with Crippen LogP contribution in [-0.4, -0.2) is 18.5 Å². The first-order valence-electron chi connectivity index (χ1n) is 9.31. The molecule has 0 N–H and O–H groups in total. The van der Waals surface area contributed by atoms with Crippen LogP contribution in [0.4, 0.5) is 0 Å². The fraction of sp³-hybridized carbons (Fsp3) is 0.208. The van der Waals surface area contributed by atoms with E-state index in [0.29, 0.717) is 12.2 Å². The quantitative estimate of drug-likeness (QED) is 0.449. The van der Waals surface area contributed by atoms with Gasteiger partial charge in [0.25, 0.3) is 0 Å². The van der Waals surface area contributed by atoms with E-state index in [-0.39, 0.29) is 11.9 Å². The standard InChI is InChI=1S/C24H22O3/c1-3-26-23-15-21-12-16(2)27-24(21)14-20(23)10-11-22(25)19-9-8-17-6-4-5-7-18(17)13-19/h4-11,13-16H,3,12H2,1-2H3/b11-10+/t16-/m0/s1. The Morgan fingerprint density at radius 1 is 1.15 bits per heavy atom. The summed E-state index contributed by atoms with van der Waals surface area (Å²) in [5, 5.41) is 2.19. The molecule has 0 spiro atoms. The molecule has 27 heavy (non-hydrogen) atoms. The topological polar surface area (TPSA) is 35.5 Å². The van der Waals surface area contributed by atoms with E-state index in [4.69, 9.17) is 9.47 Å². The highest BCUT2D eigenvalue weighted by Gasteiger charge is 2.21. The number of allylic oxidation sites excluding steroid dienone is 1. The van der Waals surface area contributed by atoms with Crippen molar-refractivity contribution < 1.29 is 14.3 Å². The maximum absolute atomic E-state index is 12.7. The lowest BCUT2D eigenvalue weighted by Crippen LogP contribution is -2.05. The third-order valence-corrected chi connectivity index (χ3v) is 4.78. The SMILES string of the molecule is CCOc1cc2c(cc1/C=C/C(=O)c1ccc3ccccc3c1)O[C@@H](C)C2. The van der Waals surface area contributed by atoms with Gasteiger partial charge in [0, 0.05) is 23.1 Å². The van der Waals surface area contributed by atoms with E-state index in [9.17, 15) is 4.79 Å². The normalized spacial score (nSPS) is 15.7. The van der Waals surface area contributed by atoms with Crippen LogP contribution in [0, 0.1) is 0 Å². The van der Waals surface area contributed by atoms with Gasteiger partial charge in [0.2, 0.25) is 0 Å². The van der Waals surface area contributed by atoms with Gasteiger partial charge >= 0.3 is 0 Å². The molecule has 3 aromatic carbocycles. The Labute approximate surface area is 159 Å². The summed E-state index contributed by atoms with van der Waals surface area (Å²) in [6, 6.07) is 17.8. The van der Waals surface area contributed by atoms with Gasteiger partial charge in [0.15, 0.2) is 5.78 Å². The monoisotopic (exact) mass is 358 g/mol. The molecule has 3 nitrogen and oxygen atoms in total. The van der Waals surface area contributed by atoms with Crippen LogP contribution in [0.25, 0.3) is 16.8 Å². The Morgan fingerprint density at radius 3 is 2.78 bits per heavy atom. The summed E-state index contributed by atoms with van der Waals surface area (Å²) in [5.41, 5.74) is 2.69. The summed E-state index contributed by atoms with van der Waals surface area (Å²) in [6.45, 7) is 4.59. The van der Waals surface area contributed by atoms with Gasteiger partial charge in [-0.15, -0.1) is 0 Å². The van der Waals surface area contributed by atoms with E-state index in [1.165, 1.54) is 0 Å². The lowest BCUT2D eigenvalue weighted by Gasteiger charge is -2.10. The number of carbonyl (C=O) groups excluding carboxylic acids is 1. The highest BCUT2D eigenvalue weighted by Crippen LogP contribution is 2.35. The number of benzene rings is 3. The minimum atomic E-state index is -0.0296. The summed E-state index contributed by atoms with van der Waals surface area (Å²) in [7, 11) is 0. The molecule has 1 heterocycles. The molecule has 0 aliphatic carbocycles. The number of rotatable bonds is 5. The Morgan fingerprint density at radius 2 is 1.96 bits per heavy atom. The molecule has 0 bridgehead atoms. The molecular weight excluding hydrogens is 336 g/mol. The molecule has 1 aliphatic rings. The fourth-order valence-corrected chi connectivity index (χ4v) is 3.47. The highest BCUT2D eigenvalue weighted by atomic mass is 16.5. The van der Waals surface area contributed by atoms with Gasteiger partial charge in [-0.05, 0) is 55.0 Å². The molecule has 3 heteroatoms. The van der Waals surface area contributed by atoms with Crippen LogP contribution < -0.4 is 9.47 Å². The van der Waals surface area contributed by atoms with Crippen molar-refractivity contribution in [2.75, 3.05) is 6.61 Å². The molecule has 136 valence electrons. The molecule has 0 fully saturated rings. The van der Waals surface area contributed by atoms with Crippen molar-refractivity contribution in [2.24, 2.45) is 0 Å². The van der Waals surface area contributed by atoms with E-state index in [2.05, 4.69) is 6.92 Å². The van der Waals surface area contributed by atoms with Gasteiger partial charge in [-0.1, -0.05) is 36.4 Å². The van der Waals surface area contributed by atoms with Crippen molar-refractivity contribution >= 4 is 22.6 Å². The zero-order chi connectivity index (χ0) is 18.8. The first-order valence-corrected chi connectivity index (χ1v) is 9.31. The van der Waals surface area contributed by atoms with Crippen LogP contribution in [0.15, 0.2) is 60.7 Å². The highest BCUT2D eigenvalue weighted by molar-refractivity contribution is 6.08. The molecule has 3 aromatic rings. The summed E-state index contributed by atoms with van der Waals surface area (Å²) in [4.78, 5) is 12.7. The molecular formula is C24H22O3. The number of hydrogen-bond donors (Lipinski definition) is 0. The molecule has 1 aliphatic heterocycles. The average Bonchev–Trinajstić information content (AvgIpc) is 3.04. The van der Waals surface area contributed by atoms with Gasteiger partial charge in [0.1, 0.15) is 17.6 Å². The summed E-state index contributed by atoms with van der Waals surface area (Å²) >= 11 is 0. The van der Waals surface area contributed by atoms with E-state index < -0.39 is 0 Å². The van der Waals surface area contributed by atoms with Crippen LogP contribution >= 0.6 is 0 Å². The van der Waals surface area contributed by atoms with E-state index in [1.54, 1.807) is 6.08 Å². The van der Waals surface area contributed by atoms with Crippen molar-refractivity contribution in [3.05, 3.63) is 77.4 Å². The minimum Gasteiger partial charge on any atom is -0.493 e. The largest absolute Gasteiger partial charge is 0.493 e. The number of carbonyl (C=O) groups is 1. The second-order valence-corrected chi connectivity index (χ2v) is 6.82. The lowest BCUT2D eigenvalue weighted by atomic mass is 10.0. The molecule has 1 atom stereocenters. The maximum Gasteiger partial charge on any atom is 0.185 e. The van der Waals surface area contributed by atoms with Crippen molar-refractivity contribution in [2.45, 2.75) is 26.4 Å². The first kappa shape index (κ1) is 17.3. The van der Waals surface area contributed by atoms with Gasteiger partial charge < -0.3 is 9.47 Å². The van der Waals surface area contributed by atoms with Crippen LogP contribution in [0.3, 0.4) is 0 Å². The second-order valence-electron chi connectivity index (χ2n) is 6.82. The zero-order valence-corrected chi connectivity index (χ0v) is 15.6. The zero-order valence-electron chi connectivity index (χ0n) is 15.6. The molecule has 0 amide bonds. The van der Waals surface area contributed by atoms with E-state index in [0.717, 1.165) is 39.8 Å². The summed E-state index contributed by atoms with van der Waals surface area (Å²) < 4.78 is 11.6. The predicted molar refractivity (Wildman–Crippen MR) is 109 cm³/mol. The van der Waals surface area contributed by atoms with Crippen LogP contribution in [0.5, 0.6) is 11.5 Å². The molecule has 0 radical (unpaired) electrons. The smallest absolute Gasteiger partial charge is 0.185 e. The number of fused-ring (bicyclic) bond motifs is 2. The lowest BCUT2D eigenvalue weighted by molar-refractivity contribution is 0.104. The van der Waals surface area contributed by atoms with Crippen molar-refractivity contribution in [3.8, 4) is 11.5 Å². The summed E-state index contributed by atoms with van der Waals surface area (Å²) in [6.07, 6.45) is 4.48. The Kier molecular flexibility index (Phi) is 4.68. The molecule has 0 saturated carbocycles. The number of ketones is 1.